The number of piperidine rings is 1. The molecule has 0 aromatic carbocycles. The van der Waals surface area contributed by atoms with Crippen LogP contribution in [0.3, 0.4) is 0 Å². The number of hydrogen-bond acceptors (Lipinski definition) is 4. The van der Waals surface area contributed by atoms with Gasteiger partial charge >= 0.3 is 6.18 Å². The lowest BCUT2D eigenvalue weighted by molar-refractivity contribution is -0.250. The first-order chi connectivity index (χ1) is 12.6. The Labute approximate surface area is 158 Å². The van der Waals surface area contributed by atoms with Gasteiger partial charge in [0.15, 0.2) is 5.82 Å². The Morgan fingerprint density at radius 3 is 2.48 bits per heavy atom. The van der Waals surface area contributed by atoms with Crippen molar-refractivity contribution in [2.75, 3.05) is 13.1 Å². The summed E-state index contributed by atoms with van der Waals surface area (Å²) in [5.41, 5.74) is -2.59. The van der Waals surface area contributed by atoms with Gasteiger partial charge in [0.05, 0.1) is 10.7 Å². The van der Waals surface area contributed by atoms with Gasteiger partial charge in [-0.15, -0.1) is 0 Å². The van der Waals surface area contributed by atoms with Gasteiger partial charge in [0, 0.05) is 31.4 Å². The van der Waals surface area contributed by atoms with Crippen molar-refractivity contribution in [2.45, 2.75) is 37.5 Å². The fourth-order valence-corrected chi connectivity index (χ4v) is 3.11. The lowest BCUT2D eigenvalue weighted by Gasteiger charge is -2.36. The summed E-state index contributed by atoms with van der Waals surface area (Å²) in [4.78, 5) is 17.3. The van der Waals surface area contributed by atoms with E-state index in [1.807, 2.05) is 6.07 Å². The van der Waals surface area contributed by atoms with Crippen LogP contribution in [0.15, 0.2) is 30.6 Å². The molecular formula is C17H18ClF3N4O2. The van der Waals surface area contributed by atoms with E-state index in [0.717, 1.165) is 10.6 Å². The lowest BCUT2D eigenvalue weighted by atomic mass is 9.92. The second-order valence-corrected chi connectivity index (χ2v) is 7.09. The van der Waals surface area contributed by atoms with Crippen LogP contribution in [-0.2, 0) is 4.79 Å². The molecule has 0 unspecified atom stereocenters. The van der Waals surface area contributed by atoms with E-state index >= 15 is 0 Å². The topological polar surface area (TPSA) is 71.2 Å². The number of pyridine rings is 1. The summed E-state index contributed by atoms with van der Waals surface area (Å²) in [6, 6.07) is 5.24. The van der Waals surface area contributed by atoms with Gasteiger partial charge in [-0.3, -0.25) is 4.79 Å². The highest BCUT2D eigenvalue weighted by atomic mass is 35.5. The van der Waals surface area contributed by atoms with Crippen molar-refractivity contribution in [1.82, 2.24) is 19.7 Å². The predicted octanol–water partition coefficient (Wildman–Crippen LogP) is 2.94. The zero-order chi connectivity index (χ0) is 19.8. The van der Waals surface area contributed by atoms with Gasteiger partial charge in [-0.25, -0.2) is 9.67 Å². The van der Waals surface area contributed by atoms with E-state index in [2.05, 4.69) is 10.1 Å². The summed E-state index contributed by atoms with van der Waals surface area (Å²) in [7, 11) is 0. The van der Waals surface area contributed by atoms with Gasteiger partial charge in [-0.05, 0) is 38.0 Å². The molecule has 0 saturated carbocycles. The Kier molecular flexibility index (Phi) is 5.18. The van der Waals surface area contributed by atoms with E-state index < -0.39 is 17.7 Å². The number of rotatable bonds is 3. The first kappa shape index (κ1) is 19.6. The van der Waals surface area contributed by atoms with Crippen LogP contribution in [0.5, 0.6) is 0 Å². The molecule has 146 valence electrons. The Balaban J connectivity index is 1.65. The molecule has 10 heteroatoms. The van der Waals surface area contributed by atoms with Crippen molar-refractivity contribution in [3.63, 3.8) is 0 Å². The highest BCUT2D eigenvalue weighted by molar-refractivity contribution is 6.30. The van der Waals surface area contributed by atoms with Crippen LogP contribution in [0.2, 0.25) is 5.02 Å². The zero-order valence-corrected chi connectivity index (χ0v) is 15.2. The van der Waals surface area contributed by atoms with Crippen LogP contribution >= 0.6 is 11.6 Å². The summed E-state index contributed by atoms with van der Waals surface area (Å²) in [5, 5.41) is 14.5. The van der Waals surface area contributed by atoms with Gasteiger partial charge in [0.25, 0.3) is 5.91 Å². The van der Waals surface area contributed by atoms with E-state index in [1.54, 1.807) is 23.0 Å². The Hall–Kier alpha value is -2.13. The van der Waals surface area contributed by atoms with Gasteiger partial charge in [-0.2, -0.15) is 18.3 Å². The van der Waals surface area contributed by atoms with Crippen LogP contribution in [-0.4, -0.2) is 55.5 Å². The number of hydrogen-bond donors (Lipinski definition) is 1. The van der Waals surface area contributed by atoms with E-state index in [4.69, 9.17) is 11.6 Å². The molecule has 6 nitrogen and oxygen atoms in total. The fraction of sp³-hybridized carbons (Fsp3) is 0.471. The maximum Gasteiger partial charge on any atom is 0.426 e. The summed E-state index contributed by atoms with van der Waals surface area (Å²) in [5.74, 6) is -0.706. The van der Waals surface area contributed by atoms with Crippen LogP contribution in [0, 0.1) is 0 Å². The summed E-state index contributed by atoms with van der Waals surface area (Å²) in [6.45, 7) is 0.742. The lowest BCUT2D eigenvalue weighted by Crippen LogP contribution is -2.57. The van der Waals surface area contributed by atoms with E-state index in [9.17, 15) is 23.1 Å². The molecule has 1 aliphatic rings. The number of aliphatic hydroxyl groups is 1. The highest BCUT2D eigenvalue weighted by Crippen LogP contribution is 2.34. The first-order valence-corrected chi connectivity index (χ1v) is 8.73. The molecule has 3 rings (SSSR count). The molecule has 0 bridgehead atoms. The van der Waals surface area contributed by atoms with E-state index in [1.165, 1.54) is 6.20 Å². The number of aromatic nitrogens is 3. The number of amides is 1. The number of likely N-dealkylation sites (tertiary alicyclic amines) is 1. The van der Waals surface area contributed by atoms with Gasteiger partial charge in [0.1, 0.15) is 0 Å². The van der Waals surface area contributed by atoms with Crippen LogP contribution in [0.1, 0.15) is 31.4 Å². The molecule has 27 heavy (non-hydrogen) atoms. The van der Waals surface area contributed by atoms with Crippen molar-refractivity contribution < 1.29 is 23.1 Å². The Morgan fingerprint density at radius 1 is 1.26 bits per heavy atom. The molecule has 1 atom stereocenters. The zero-order valence-electron chi connectivity index (χ0n) is 14.4. The monoisotopic (exact) mass is 402 g/mol. The Morgan fingerprint density at radius 2 is 1.93 bits per heavy atom. The fourth-order valence-electron chi connectivity index (χ4n) is 2.99. The average molecular weight is 403 g/mol. The van der Waals surface area contributed by atoms with Crippen molar-refractivity contribution in [3.05, 3.63) is 41.3 Å². The third-order valence-electron chi connectivity index (χ3n) is 4.73. The molecule has 1 amide bonds. The van der Waals surface area contributed by atoms with Crippen LogP contribution < -0.4 is 0 Å². The van der Waals surface area contributed by atoms with E-state index in [-0.39, 0.29) is 19.0 Å². The summed E-state index contributed by atoms with van der Waals surface area (Å²) < 4.78 is 40.1. The Bertz CT molecular complexity index is 812. The minimum absolute atomic E-state index is 0.0124. The van der Waals surface area contributed by atoms with Crippen LogP contribution in [0.4, 0.5) is 13.2 Å². The second-order valence-electron chi connectivity index (χ2n) is 6.66. The summed E-state index contributed by atoms with van der Waals surface area (Å²) in [6.07, 6.45) is -0.826. The van der Waals surface area contributed by atoms with Crippen molar-refractivity contribution in [2.24, 2.45) is 0 Å². The average Bonchev–Trinajstić information content (AvgIpc) is 3.11. The van der Waals surface area contributed by atoms with E-state index in [0.29, 0.717) is 30.6 Å². The standard InChI is InChI=1S/C17H18ClF3N4O2/c1-16(27,17(19,20)21)15(26)24-7-4-11(5-8-24)13-6-9-25(23-13)14-3-2-12(18)10-22-14/h2-3,6,9-11,27H,4-5,7-8H2,1H3/t16-/m1/s1. The molecule has 3 heterocycles. The molecular weight excluding hydrogens is 385 g/mol. The molecule has 1 saturated heterocycles. The third-order valence-corrected chi connectivity index (χ3v) is 4.95. The van der Waals surface area contributed by atoms with Crippen molar-refractivity contribution >= 4 is 17.5 Å². The molecule has 0 radical (unpaired) electrons. The first-order valence-electron chi connectivity index (χ1n) is 8.35. The third kappa shape index (κ3) is 3.93. The van der Waals surface area contributed by atoms with Crippen molar-refractivity contribution in [3.8, 4) is 5.82 Å². The van der Waals surface area contributed by atoms with Gasteiger partial charge in [0.2, 0.25) is 5.60 Å². The number of nitrogens with zero attached hydrogens (tertiary/aromatic N) is 4. The molecule has 1 N–H and O–H groups in total. The van der Waals surface area contributed by atoms with Gasteiger partial charge in [-0.1, -0.05) is 11.6 Å². The highest BCUT2D eigenvalue weighted by Gasteiger charge is 2.57. The molecule has 0 aliphatic carbocycles. The molecule has 2 aromatic rings. The number of alkyl halides is 3. The number of carbonyl (C=O) groups is 1. The van der Waals surface area contributed by atoms with Crippen LogP contribution in [0.25, 0.3) is 5.82 Å². The predicted molar refractivity (Wildman–Crippen MR) is 91.6 cm³/mol. The summed E-state index contributed by atoms with van der Waals surface area (Å²) >= 11 is 5.81. The molecule has 0 spiro atoms. The quantitative estimate of drug-likeness (QED) is 0.856. The SMILES string of the molecule is C[C@@](O)(C(=O)N1CCC(c2ccn(-c3ccc(Cl)cn3)n2)CC1)C(F)(F)F. The second kappa shape index (κ2) is 7.12. The molecule has 2 aromatic heterocycles. The largest absolute Gasteiger partial charge is 0.426 e. The number of carbonyl (C=O) groups excluding carboxylic acids is 1. The smallest absolute Gasteiger partial charge is 0.373 e. The molecule has 1 fully saturated rings. The van der Waals surface area contributed by atoms with Gasteiger partial charge < -0.3 is 10.0 Å². The maximum atomic E-state index is 12.8. The minimum Gasteiger partial charge on any atom is -0.373 e. The normalized spacial score (nSPS) is 18.4. The van der Waals surface area contributed by atoms with Crippen molar-refractivity contribution in [1.29, 1.82) is 0 Å². The molecule has 1 aliphatic heterocycles. The maximum absolute atomic E-state index is 12.8. The number of halogens is 4. The minimum atomic E-state index is -5.01.